The van der Waals surface area contributed by atoms with E-state index in [0.717, 1.165) is 18.2 Å². The maximum atomic E-state index is 12.3. The predicted octanol–water partition coefficient (Wildman–Crippen LogP) is 1.98. The molecule has 4 rings (SSSR count). The van der Waals surface area contributed by atoms with Crippen molar-refractivity contribution in [3.63, 3.8) is 0 Å². The van der Waals surface area contributed by atoms with Crippen LogP contribution in [0.5, 0.6) is 0 Å². The molecule has 3 fully saturated rings. The molecule has 3 aliphatic rings. The first-order valence-corrected chi connectivity index (χ1v) is 9.31. The van der Waals surface area contributed by atoms with Crippen molar-refractivity contribution in [2.45, 2.75) is 50.8 Å². The third kappa shape index (κ3) is 3.47. The third-order valence-corrected chi connectivity index (χ3v) is 6.02. The van der Waals surface area contributed by atoms with E-state index in [1.165, 1.54) is 38.8 Å². The van der Waals surface area contributed by atoms with Gasteiger partial charge in [0.2, 0.25) is 5.91 Å². The molecule has 1 aromatic heterocycles. The SMILES string of the molecule is O=C(C[C@H]1OC[C@H]2CN(C3CCC3)CC[C@H]21)NCc1cccnc1. The molecule has 2 aliphatic heterocycles. The standard InChI is InChI=1S/C19H27N3O2/c23-19(21-11-14-3-2-7-20-10-14)9-18-17-6-8-22(16-4-1-5-16)12-15(17)13-24-18/h2-3,7,10,15-18H,1,4-6,8-9,11-13H2,(H,21,23)/t15-,17-,18-/m1/s1. The van der Waals surface area contributed by atoms with Gasteiger partial charge in [-0.25, -0.2) is 0 Å². The lowest BCUT2D eigenvalue weighted by atomic mass is 9.80. The Morgan fingerprint density at radius 3 is 3.04 bits per heavy atom. The van der Waals surface area contributed by atoms with Crippen molar-refractivity contribution in [2.24, 2.45) is 11.8 Å². The lowest BCUT2D eigenvalue weighted by Gasteiger charge is -2.43. The van der Waals surface area contributed by atoms with Crippen molar-refractivity contribution in [3.8, 4) is 0 Å². The van der Waals surface area contributed by atoms with Gasteiger partial charge in [0.25, 0.3) is 0 Å². The molecule has 1 N–H and O–H groups in total. The summed E-state index contributed by atoms with van der Waals surface area (Å²) < 4.78 is 6.00. The summed E-state index contributed by atoms with van der Waals surface area (Å²) in [6.07, 6.45) is 9.45. The van der Waals surface area contributed by atoms with Gasteiger partial charge in [-0.2, -0.15) is 0 Å². The third-order valence-electron chi connectivity index (χ3n) is 6.02. The zero-order valence-corrected chi connectivity index (χ0v) is 14.2. The number of aromatic nitrogens is 1. The van der Waals surface area contributed by atoms with Gasteiger partial charge >= 0.3 is 0 Å². The Hall–Kier alpha value is -1.46. The van der Waals surface area contributed by atoms with Crippen molar-refractivity contribution in [3.05, 3.63) is 30.1 Å². The Bertz CT molecular complexity index is 561. The number of nitrogens with zero attached hydrogens (tertiary/aromatic N) is 2. The molecule has 0 spiro atoms. The summed E-state index contributed by atoms with van der Waals surface area (Å²) in [5.74, 6) is 1.27. The minimum absolute atomic E-state index is 0.0888. The van der Waals surface area contributed by atoms with Crippen LogP contribution in [0.4, 0.5) is 0 Å². The minimum Gasteiger partial charge on any atom is -0.377 e. The van der Waals surface area contributed by atoms with Crippen molar-refractivity contribution in [2.75, 3.05) is 19.7 Å². The summed E-state index contributed by atoms with van der Waals surface area (Å²) in [7, 11) is 0. The average Bonchev–Trinajstić information content (AvgIpc) is 2.95. The van der Waals surface area contributed by atoms with Crippen LogP contribution < -0.4 is 5.32 Å². The van der Waals surface area contributed by atoms with Crippen LogP contribution in [0.3, 0.4) is 0 Å². The molecule has 2 saturated heterocycles. The molecule has 0 bridgehead atoms. The molecule has 3 heterocycles. The number of ether oxygens (including phenoxy) is 1. The highest BCUT2D eigenvalue weighted by molar-refractivity contribution is 5.76. The first-order chi connectivity index (χ1) is 11.8. The van der Waals surface area contributed by atoms with Crippen LogP contribution in [-0.4, -0.2) is 47.6 Å². The van der Waals surface area contributed by atoms with Crippen LogP contribution in [0, 0.1) is 11.8 Å². The predicted molar refractivity (Wildman–Crippen MR) is 91.2 cm³/mol. The zero-order chi connectivity index (χ0) is 16.4. The highest BCUT2D eigenvalue weighted by atomic mass is 16.5. The van der Waals surface area contributed by atoms with Gasteiger partial charge in [0, 0.05) is 37.4 Å². The summed E-state index contributed by atoms with van der Waals surface area (Å²) in [5, 5.41) is 3.00. The first kappa shape index (κ1) is 16.0. The van der Waals surface area contributed by atoms with E-state index in [4.69, 9.17) is 4.74 Å². The van der Waals surface area contributed by atoms with Gasteiger partial charge < -0.3 is 15.0 Å². The molecule has 3 atom stereocenters. The number of rotatable bonds is 5. The Labute approximate surface area is 143 Å². The Morgan fingerprint density at radius 2 is 2.29 bits per heavy atom. The van der Waals surface area contributed by atoms with Gasteiger partial charge in [-0.3, -0.25) is 9.78 Å². The molecular formula is C19H27N3O2. The number of pyridine rings is 1. The number of piperidine rings is 1. The maximum absolute atomic E-state index is 12.3. The molecule has 1 saturated carbocycles. The molecule has 5 heteroatoms. The highest BCUT2D eigenvalue weighted by Gasteiger charge is 2.43. The second-order valence-corrected chi connectivity index (χ2v) is 7.51. The van der Waals surface area contributed by atoms with Crippen LogP contribution in [0.2, 0.25) is 0 Å². The molecule has 5 nitrogen and oxygen atoms in total. The summed E-state index contributed by atoms with van der Waals surface area (Å²) in [6.45, 7) is 3.73. The van der Waals surface area contributed by atoms with Gasteiger partial charge in [0.05, 0.1) is 19.1 Å². The molecular weight excluding hydrogens is 302 g/mol. The second kappa shape index (κ2) is 7.19. The van der Waals surface area contributed by atoms with Crippen molar-refractivity contribution >= 4 is 5.91 Å². The van der Waals surface area contributed by atoms with Crippen molar-refractivity contribution in [1.82, 2.24) is 15.2 Å². The quantitative estimate of drug-likeness (QED) is 0.897. The molecule has 0 aromatic carbocycles. The van der Waals surface area contributed by atoms with E-state index < -0.39 is 0 Å². The van der Waals surface area contributed by atoms with E-state index >= 15 is 0 Å². The smallest absolute Gasteiger partial charge is 0.222 e. The number of amides is 1. The summed E-state index contributed by atoms with van der Waals surface area (Å²) in [6, 6.07) is 4.70. The van der Waals surface area contributed by atoms with Crippen LogP contribution in [-0.2, 0) is 16.1 Å². The van der Waals surface area contributed by atoms with Crippen LogP contribution in [0.25, 0.3) is 0 Å². The second-order valence-electron chi connectivity index (χ2n) is 7.51. The van der Waals surface area contributed by atoms with E-state index in [9.17, 15) is 4.79 Å². The Balaban J connectivity index is 1.25. The van der Waals surface area contributed by atoms with Crippen LogP contribution in [0.1, 0.15) is 37.7 Å². The van der Waals surface area contributed by atoms with Gasteiger partial charge in [0.15, 0.2) is 0 Å². The number of fused-ring (bicyclic) bond motifs is 1. The van der Waals surface area contributed by atoms with Gasteiger partial charge in [0.1, 0.15) is 0 Å². The molecule has 1 aromatic rings. The normalized spacial score (nSPS) is 30.6. The first-order valence-electron chi connectivity index (χ1n) is 9.31. The van der Waals surface area contributed by atoms with Crippen LogP contribution in [0.15, 0.2) is 24.5 Å². The summed E-state index contributed by atoms with van der Waals surface area (Å²) in [5.41, 5.74) is 1.03. The number of carbonyl (C=O) groups is 1. The van der Waals surface area contributed by atoms with Crippen molar-refractivity contribution < 1.29 is 9.53 Å². The zero-order valence-electron chi connectivity index (χ0n) is 14.2. The largest absolute Gasteiger partial charge is 0.377 e. The molecule has 1 amide bonds. The van der Waals surface area contributed by atoms with Crippen molar-refractivity contribution in [1.29, 1.82) is 0 Å². The number of likely N-dealkylation sites (tertiary alicyclic amines) is 1. The highest BCUT2D eigenvalue weighted by Crippen LogP contribution is 2.38. The minimum atomic E-state index is 0.0888. The van der Waals surface area contributed by atoms with E-state index in [1.54, 1.807) is 12.4 Å². The fraction of sp³-hybridized carbons (Fsp3) is 0.684. The Morgan fingerprint density at radius 1 is 1.38 bits per heavy atom. The summed E-state index contributed by atoms with van der Waals surface area (Å²) >= 11 is 0. The van der Waals surface area contributed by atoms with E-state index in [1.807, 2.05) is 12.1 Å². The molecule has 0 radical (unpaired) electrons. The maximum Gasteiger partial charge on any atom is 0.222 e. The lowest BCUT2D eigenvalue weighted by molar-refractivity contribution is -0.124. The van der Waals surface area contributed by atoms with Gasteiger partial charge in [-0.15, -0.1) is 0 Å². The van der Waals surface area contributed by atoms with E-state index in [-0.39, 0.29) is 12.0 Å². The molecule has 1 aliphatic carbocycles. The van der Waals surface area contributed by atoms with Crippen LogP contribution >= 0.6 is 0 Å². The van der Waals surface area contributed by atoms with Gasteiger partial charge in [-0.05, 0) is 43.4 Å². The fourth-order valence-electron chi connectivity index (χ4n) is 4.37. The average molecular weight is 329 g/mol. The number of nitrogens with one attached hydrogen (secondary N) is 1. The fourth-order valence-corrected chi connectivity index (χ4v) is 4.37. The van der Waals surface area contributed by atoms with E-state index in [2.05, 4.69) is 15.2 Å². The molecule has 130 valence electrons. The number of carbonyl (C=O) groups excluding carboxylic acids is 1. The molecule has 0 unspecified atom stereocenters. The summed E-state index contributed by atoms with van der Waals surface area (Å²) in [4.78, 5) is 19.0. The van der Waals surface area contributed by atoms with E-state index in [0.29, 0.717) is 24.8 Å². The monoisotopic (exact) mass is 329 g/mol. The molecule has 24 heavy (non-hydrogen) atoms. The number of hydrogen-bond donors (Lipinski definition) is 1. The van der Waals surface area contributed by atoms with Gasteiger partial charge in [-0.1, -0.05) is 12.5 Å². The Kier molecular flexibility index (Phi) is 4.81. The lowest BCUT2D eigenvalue weighted by Crippen LogP contribution is -2.49. The number of hydrogen-bond acceptors (Lipinski definition) is 4. The topological polar surface area (TPSA) is 54.5 Å².